The van der Waals surface area contributed by atoms with Crippen molar-refractivity contribution in [2.45, 2.75) is 71.8 Å². The average Bonchev–Trinajstić information content (AvgIpc) is 2.45. The molecule has 0 spiro atoms. The predicted octanol–water partition coefficient (Wildman–Crippen LogP) is 2.21. The van der Waals surface area contributed by atoms with Crippen LogP contribution in [0.2, 0.25) is 0 Å². The van der Waals surface area contributed by atoms with Gasteiger partial charge in [-0.15, -0.1) is 0 Å². The minimum atomic E-state index is -1.43. The Hall–Kier alpha value is -1.30. The summed E-state index contributed by atoms with van der Waals surface area (Å²) in [6.07, 6.45) is -1.58. The molecule has 0 aromatic rings. The molecule has 1 aliphatic rings. The summed E-state index contributed by atoms with van der Waals surface area (Å²) in [5.41, 5.74) is -2.88. The highest BCUT2D eigenvalue weighted by Crippen LogP contribution is 2.47. The summed E-state index contributed by atoms with van der Waals surface area (Å²) in [5, 5.41) is 19.9. The van der Waals surface area contributed by atoms with Gasteiger partial charge in [-0.05, 0) is 33.6 Å². The Kier molecular flexibility index (Phi) is 4.11. The first-order chi connectivity index (χ1) is 8.87. The minimum Gasteiger partial charge on any atom is -0.479 e. The van der Waals surface area contributed by atoms with Crippen molar-refractivity contribution in [3.63, 3.8) is 0 Å². The van der Waals surface area contributed by atoms with Crippen LogP contribution in [0.3, 0.4) is 0 Å². The van der Waals surface area contributed by atoms with Crippen LogP contribution in [-0.4, -0.2) is 44.5 Å². The Morgan fingerprint density at radius 2 is 1.85 bits per heavy atom. The van der Waals surface area contributed by atoms with Crippen LogP contribution in [-0.2, 0) is 9.53 Å². The van der Waals surface area contributed by atoms with E-state index in [4.69, 9.17) is 4.74 Å². The highest BCUT2D eigenvalue weighted by Gasteiger charge is 2.61. The lowest BCUT2D eigenvalue weighted by molar-refractivity contribution is -0.153. The van der Waals surface area contributed by atoms with Crippen molar-refractivity contribution in [2.75, 3.05) is 0 Å². The fraction of sp³-hybridized carbons (Fsp3) is 0.857. The molecule has 0 aromatic heterocycles. The zero-order valence-electron chi connectivity index (χ0n) is 13.1. The van der Waals surface area contributed by atoms with Crippen LogP contribution < -0.4 is 0 Å². The van der Waals surface area contributed by atoms with E-state index in [-0.39, 0.29) is 12.8 Å². The lowest BCUT2D eigenvalue weighted by Gasteiger charge is -2.36. The summed E-state index contributed by atoms with van der Waals surface area (Å²) in [6.45, 7) is 10.3. The van der Waals surface area contributed by atoms with E-state index >= 15 is 0 Å². The maximum Gasteiger partial charge on any atom is 0.413 e. The molecule has 2 atom stereocenters. The van der Waals surface area contributed by atoms with Gasteiger partial charge in [-0.1, -0.05) is 20.8 Å². The van der Waals surface area contributed by atoms with Gasteiger partial charge in [0.2, 0.25) is 0 Å². The molecule has 0 saturated carbocycles. The van der Waals surface area contributed by atoms with E-state index in [0.29, 0.717) is 0 Å². The molecule has 0 aromatic carbocycles. The normalized spacial score (nSPS) is 29.4. The van der Waals surface area contributed by atoms with Gasteiger partial charge in [0.05, 0.1) is 0 Å². The second-order valence-electron chi connectivity index (χ2n) is 7.08. The first-order valence-electron chi connectivity index (χ1n) is 6.81. The van der Waals surface area contributed by atoms with Gasteiger partial charge in [-0.2, -0.15) is 0 Å². The number of carbonyl (C=O) groups is 2. The van der Waals surface area contributed by atoms with Gasteiger partial charge in [-0.3, -0.25) is 4.90 Å². The topological polar surface area (TPSA) is 87.1 Å². The van der Waals surface area contributed by atoms with Crippen LogP contribution in [0.5, 0.6) is 0 Å². The Morgan fingerprint density at radius 3 is 2.20 bits per heavy atom. The summed E-state index contributed by atoms with van der Waals surface area (Å²) in [4.78, 5) is 25.0. The van der Waals surface area contributed by atoms with Gasteiger partial charge >= 0.3 is 12.1 Å². The first-order valence-corrected chi connectivity index (χ1v) is 6.81. The van der Waals surface area contributed by atoms with E-state index in [1.165, 1.54) is 0 Å². The van der Waals surface area contributed by atoms with Gasteiger partial charge in [0.25, 0.3) is 0 Å². The molecule has 6 nitrogen and oxygen atoms in total. The maximum atomic E-state index is 12.3. The number of aliphatic carboxylic acids is 1. The molecular weight excluding hydrogens is 262 g/mol. The predicted molar refractivity (Wildman–Crippen MR) is 73.1 cm³/mol. The zero-order valence-corrected chi connectivity index (χ0v) is 13.1. The smallest absolute Gasteiger partial charge is 0.413 e. The molecule has 1 heterocycles. The van der Waals surface area contributed by atoms with E-state index in [1.54, 1.807) is 41.5 Å². The van der Waals surface area contributed by atoms with E-state index in [9.17, 15) is 19.8 Å². The fourth-order valence-electron chi connectivity index (χ4n) is 2.72. The number of ether oxygens (including phenoxy) is 1. The molecule has 2 N–H and O–H groups in total. The molecule has 0 bridgehead atoms. The van der Waals surface area contributed by atoms with Crippen molar-refractivity contribution >= 4 is 12.1 Å². The fourth-order valence-corrected chi connectivity index (χ4v) is 2.72. The Labute approximate surface area is 119 Å². The average molecular weight is 287 g/mol. The van der Waals surface area contributed by atoms with Crippen molar-refractivity contribution in [1.29, 1.82) is 0 Å². The molecule has 0 aliphatic carbocycles. The zero-order chi connectivity index (χ0) is 15.9. The highest BCUT2D eigenvalue weighted by atomic mass is 16.6. The van der Waals surface area contributed by atoms with Gasteiger partial charge in [0.15, 0.2) is 0 Å². The van der Waals surface area contributed by atoms with Crippen LogP contribution >= 0.6 is 0 Å². The number of carboxylic acids is 1. The van der Waals surface area contributed by atoms with Crippen LogP contribution in [0.1, 0.15) is 54.4 Å². The molecule has 0 radical (unpaired) electrons. The van der Waals surface area contributed by atoms with Crippen molar-refractivity contribution in [2.24, 2.45) is 5.41 Å². The van der Waals surface area contributed by atoms with Gasteiger partial charge in [0, 0.05) is 5.41 Å². The third kappa shape index (κ3) is 2.75. The summed E-state index contributed by atoms with van der Waals surface area (Å²) in [5.74, 6) is -1.12. The van der Waals surface area contributed by atoms with Gasteiger partial charge < -0.3 is 14.9 Å². The molecular formula is C14H25NO5. The lowest BCUT2D eigenvalue weighted by Crippen LogP contribution is -2.56. The number of amides is 1. The molecule has 6 heteroatoms. The SMILES string of the molecule is CC[C@@]1(C(=O)O)CC(C)(C)C(O)N1C(=O)OC(C)(C)C. The van der Waals surface area contributed by atoms with E-state index in [2.05, 4.69) is 0 Å². The first kappa shape index (κ1) is 16.8. The maximum absolute atomic E-state index is 12.3. The number of aliphatic hydroxyl groups is 1. The molecule has 20 heavy (non-hydrogen) atoms. The van der Waals surface area contributed by atoms with Crippen molar-refractivity contribution in [3.05, 3.63) is 0 Å². The van der Waals surface area contributed by atoms with Crippen molar-refractivity contribution in [1.82, 2.24) is 4.90 Å². The van der Waals surface area contributed by atoms with E-state index in [0.717, 1.165) is 4.90 Å². The summed E-state index contributed by atoms with van der Waals surface area (Å²) in [6, 6.07) is 0. The third-order valence-corrected chi connectivity index (χ3v) is 3.73. The summed E-state index contributed by atoms with van der Waals surface area (Å²) in [7, 11) is 0. The lowest BCUT2D eigenvalue weighted by atomic mass is 9.82. The molecule has 1 unspecified atom stereocenters. The number of carboxylic acid groups (broad SMARTS) is 1. The van der Waals surface area contributed by atoms with E-state index in [1.807, 2.05) is 0 Å². The Morgan fingerprint density at radius 1 is 1.35 bits per heavy atom. The number of rotatable bonds is 2. The number of hydrogen-bond donors (Lipinski definition) is 2. The van der Waals surface area contributed by atoms with Crippen molar-refractivity contribution < 1.29 is 24.5 Å². The van der Waals surface area contributed by atoms with Crippen molar-refractivity contribution in [3.8, 4) is 0 Å². The number of aliphatic hydroxyl groups excluding tert-OH is 1. The Balaban J connectivity index is 3.23. The van der Waals surface area contributed by atoms with Gasteiger partial charge in [-0.25, -0.2) is 9.59 Å². The third-order valence-electron chi connectivity index (χ3n) is 3.73. The van der Waals surface area contributed by atoms with E-state index < -0.39 is 34.8 Å². The number of likely N-dealkylation sites (tertiary alicyclic amines) is 1. The second-order valence-corrected chi connectivity index (χ2v) is 7.08. The summed E-state index contributed by atoms with van der Waals surface area (Å²) >= 11 is 0. The Bertz CT molecular complexity index is 412. The standard InChI is InChI=1S/C14H25NO5/c1-7-14(10(17)18)8-13(5,6)9(16)15(14)11(19)20-12(2,3)4/h9,16H,7-8H2,1-6H3,(H,17,18)/t9?,14-/m0/s1. The van der Waals surface area contributed by atoms with Gasteiger partial charge in [0.1, 0.15) is 17.4 Å². The van der Waals surface area contributed by atoms with Crippen LogP contribution in [0.4, 0.5) is 4.79 Å². The second kappa shape index (κ2) is 4.91. The molecule has 1 amide bonds. The largest absolute Gasteiger partial charge is 0.479 e. The number of carbonyl (C=O) groups excluding carboxylic acids is 1. The quantitative estimate of drug-likeness (QED) is 0.813. The molecule has 1 aliphatic heterocycles. The minimum absolute atomic E-state index is 0.187. The number of hydrogen-bond acceptors (Lipinski definition) is 4. The monoisotopic (exact) mass is 287 g/mol. The molecule has 116 valence electrons. The van der Waals surface area contributed by atoms with Crippen LogP contribution in [0.15, 0.2) is 0 Å². The summed E-state index contributed by atoms with van der Waals surface area (Å²) < 4.78 is 5.26. The van der Waals surface area contributed by atoms with Crippen LogP contribution in [0.25, 0.3) is 0 Å². The molecule has 1 rings (SSSR count). The molecule has 1 fully saturated rings. The molecule has 1 saturated heterocycles. The van der Waals surface area contributed by atoms with Crippen LogP contribution in [0, 0.1) is 5.41 Å². The number of nitrogens with zero attached hydrogens (tertiary/aromatic N) is 1. The highest BCUT2D eigenvalue weighted by molar-refractivity contribution is 5.85.